The molecule has 252 valence electrons. The van der Waals surface area contributed by atoms with Gasteiger partial charge in [0.15, 0.2) is 5.82 Å². The van der Waals surface area contributed by atoms with Crippen molar-refractivity contribution in [1.29, 1.82) is 0 Å². The maximum atomic E-state index is 5.17. The summed E-state index contributed by atoms with van der Waals surface area (Å²) in [4.78, 5) is 10.3. The molecule has 0 amide bonds. The van der Waals surface area contributed by atoms with Crippen molar-refractivity contribution in [2.75, 3.05) is 0 Å². The van der Waals surface area contributed by atoms with E-state index in [-0.39, 0.29) is 0 Å². The van der Waals surface area contributed by atoms with E-state index in [1.54, 1.807) is 0 Å². The Morgan fingerprint density at radius 3 is 1.76 bits per heavy atom. The Morgan fingerprint density at radius 1 is 0.370 bits per heavy atom. The second-order valence-electron chi connectivity index (χ2n) is 13.8. The van der Waals surface area contributed by atoms with Crippen molar-refractivity contribution in [1.82, 2.24) is 19.1 Å². The van der Waals surface area contributed by atoms with Crippen molar-refractivity contribution in [3.63, 3.8) is 0 Å². The number of aromatic nitrogens is 4. The maximum Gasteiger partial charge on any atom is 0.156 e. The van der Waals surface area contributed by atoms with Gasteiger partial charge in [-0.15, -0.1) is 0 Å². The lowest BCUT2D eigenvalue weighted by atomic mass is 9.93. The first-order valence-electron chi connectivity index (χ1n) is 18.3. The van der Waals surface area contributed by atoms with E-state index in [0.29, 0.717) is 0 Å². The number of rotatable bonds is 5. The number of benzene rings is 8. The summed E-state index contributed by atoms with van der Waals surface area (Å²) in [6, 6.07) is 64.8. The Bertz CT molecular complexity index is 3180. The molecule has 54 heavy (non-hydrogen) atoms. The standard InChI is InChI=1S/C50H32N4/c1-4-14-33(15-5-1)36-25-27-38(34-16-6-2-7-17-34)42(30-36)43-31-52-47(32-51-43)54-45-23-13-11-21-41(45)49-46(54)29-26-35-24-28-40-39-20-10-12-22-44(39)53(50(40)48(35)49)37-18-8-3-9-19-37/h1-32H. The van der Waals surface area contributed by atoms with Crippen LogP contribution in [-0.4, -0.2) is 19.1 Å². The third-order valence-electron chi connectivity index (χ3n) is 10.8. The molecule has 0 saturated heterocycles. The fraction of sp³-hybridized carbons (Fsp3) is 0. The normalized spacial score (nSPS) is 11.7. The third-order valence-corrected chi connectivity index (χ3v) is 10.8. The van der Waals surface area contributed by atoms with Crippen LogP contribution < -0.4 is 0 Å². The number of nitrogens with zero attached hydrogens (tertiary/aromatic N) is 4. The molecule has 3 aromatic heterocycles. The van der Waals surface area contributed by atoms with Gasteiger partial charge in [0, 0.05) is 38.2 Å². The van der Waals surface area contributed by atoms with Gasteiger partial charge in [-0.25, -0.2) is 4.98 Å². The first-order valence-corrected chi connectivity index (χ1v) is 18.3. The van der Waals surface area contributed by atoms with E-state index >= 15 is 0 Å². The van der Waals surface area contributed by atoms with E-state index in [2.05, 4.69) is 191 Å². The van der Waals surface area contributed by atoms with Crippen molar-refractivity contribution in [3.05, 3.63) is 194 Å². The van der Waals surface area contributed by atoms with Gasteiger partial charge >= 0.3 is 0 Å². The summed E-state index contributed by atoms with van der Waals surface area (Å²) in [5.41, 5.74) is 12.2. The van der Waals surface area contributed by atoms with E-state index < -0.39 is 0 Å². The number of para-hydroxylation sites is 3. The van der Waals surface area contributed by atoms with Gasteiger partial charge in [0.05, 0.1) is 40.2 Å². The molecule has 3 heterocycles. The van der Waals surface area contributed by atoms with Crippen molar-refractivity contribution in [2.24, 2.45) is 0 Å². The fourth-order valence-corrected chi connectivity index (χ4v) is 8.43. The van der Waals surface area contributed by atoms with E-state index in [1.807, 2.05) is 12.4 Å². The lowest BCUT2D eigenvalue weighted by Gasteiger charge is -2.13. The smallest absolute Gasteiger partial charge is 0.156 e. The van der Waals surface area contributed by atoms with Crippen LogP contribution in [0.2, 0.25) is 0 Å². The average Bonchev–Trinajstić information content (AvgIpc) is 3.78. The zero-order chi connectivity index (χ0) is 35.6. The first kappa shape index (κ1) is 30.3. The molecular formula is C50H32N4. The molecule has 0 aliphatic heterocycles. The highest BCUT2D eigenvalue weighted by Gasteiger charge is 2.21. The zero-order valence-electron chi connectivity index (χ0n) is 29.3. The van der Waals surface area contributed by atoms with Gasteiger partial charge in [-0.3, -0.25) is 9.55 Å². The minimum absolute atomic E-state index is 0.778. The summed E-state index contributed by atoms with van der Waals surface area (Å²) in [6.07, 6.45) is 3.86. The minimum Gasteiger partial charge on any atom is -0.309 e. The molecule has 0 fully saturated rings. The summed E-state index contributed by atoms with van der Waals surface area (Å²) >= 11 is 0. The second kappa shape index (κ2) is 12.1. The van der Waals surface area contributed by atoms with E-state index in [1.165, 1.54) is 48.9 Å². The van der Waals surface area contributed by atoms with Crippen LogP contribution in [0.5, 0.6) is 0 Å². The molecule has 0 saturated carbocycles. The highest BCUT2D eigenvalue weighted by Crippen LogP contribution is 2.43. The van der Waals surface area contributed by atoms with Crippen LogP contribution in [-0.2, 0) is 0 Å². The van der Waals surface area contributed by atoms with Crippen molar-refractivity contribution in [2.45, 2.75) is 0 Å². The van der Waals surface area contributed by atoms with E-state index in [9.17, 15) is 0 Å². The summed E-state index contributed by atoms with van der Waals surface area (Å²) in [6.45, 7) is 0. The van der Waals surface area contributed by atoms with Crippen molar-refractivity contribution < 1.29 is 0 Å². The van der Waals surface area contributed by atoms with Crippen LogP contribution in [0.15, 0.2) is 194 Å². The number of hydrogen-bond donors (Lipinski definition) is 0. The Morgan fingerprint density at radius 2 is 1.02 bits per heavy atom. The molecule has 0 aliphatic rings. The molecule has 0 radical (unpaired) electrons. The van der Waals surface area contributed by atoms with Gasteiger partial charge < -0.3 is 4.57 Å². The van der Waals surface area contributed by atoms with Crippen molar-refractivity contribution in [3.8, 4) is 45.0 Å². The Kier molecular flexibility index (Phi) is 6.82. The largest absolute Gasteiger partial charge is 0.309 e. The molecule has 0 atom stereocenters. The fourth-order valence-electron chi connectivity index (χ4n) is 8.43. The van der Waals surface area contributed by atoms with Crippen LogP contribution in [0.4, 0.5) is 0 Å². The topological polar surface area (TPSA) is 35.6 Å². The molecular weight excluding hydrogens is 657 g/mol. The predicted octanol–water partition coefficient (Wildman–Crippen LogP) is 12.8. The monoisotopic (exact) mass is 688 g/mol. The highest BCUT2D eigenvalue weighted by molar-refractivity contribution is 6.30. The van der Waals surface area contributed by atoms with Crippen LogP contribution >= 0.6 is 0 Å². The highest BCUT2D eigenvalue weighted by atomic mass is 15.1. The molecule has 11 aromatic rings. The minimum atomic E-state index is 0.778. The van der Waals surface area contributed by atoms with Crippen LogP contribution in [0, 0.1) is 0 Å². The molecule has 0 bridgehead atoms. The average molecular weight is 689 g/mol. The van der Waals surface area contributed by atoms with Gasteiger partial charge in [0.2, 0.25) is 0 Å². The van der Waals surface area contributed by atoms with Crippen LogP contribution in [0.1, 0.15) is 0 Å². The molecule has 4 nitrogen and oxygen atoms in total. The third kappa shape index (κ3) is 4.64. The molecule has 4 heteroatoms. The van der Waals surface area contributed by atoms with Gasteiger partial charge in [-0.1, -0.05) is 146 Å². The maximum absolute atomic E-state index is 5.17. The van der Waals surface area contributed by atoms with E-state index in [0.717, 1.165) is 50.5 Å². The summed E-state index contributed by atoms with van der Waals surface area (Å²) in [7, 11) is 0. The SMILES string of the molecule is c1ccc(-c2ccc(-c3ccccc3)c(-c3cnc(-n4c5ccccc5c5c6c(ccc7c8ccccc8n(-c8ccccc8)c76)ccc54)cn3)c2)cc1. The molecule has 0 spiro atoms. The zero-order valence-corrected chi connectivity index (χ0v) is 29.3. The quantitative estimate of drug-likeness (QED) is 0.180. The van der Waals surface area contributed by atoms with E-state index in [4.69, 9.17) is 9.97 Å². The number of hydrogen-bond acceptors (Lipinski definition) is 2. The number of fused-ring (bicyclic) bond motifs is 9. The Labute approximate surface area is 311 Å². The summed E-state index contributed by atoms with van der Waals surface area (Å²) in [5, 5.41) is 7.31. The first-order chi connectivity index (χ1) is 26.8. The Balaban J connectivity index is 1.15. The summed E-state index contributed by atoms with van der Waals surface area (Å²) in [5.74, 6) is 0.778. The molecule has 0 unspecified atom stereocenters. The predicted molar refractivity (Wildman–Crippen MR) is 225 cm³/mol. The molecule has 11 rings (SSSR count). The second-order valence-corrected chi connectivity index (χ2v) is 13.8. The molecule has 0 aliphatic carbocycles. The summed E-state index contributed by atoms with van der Waals surface area (Å²) < 4.78 is 4.70. The lowest BCUT2D eigenvalue weighted by Crippen LogP contribution is -2.00. The van der Waals surface area contributed by atoms with Gasteiger partial charge in [0.25, 0.3) is 0 Å². The van der Waals surface area contributed by atoms with Gasteiger partial charge in [-0.2, -0.15) is 0 Å². The molecule has 8 aromatic carbocycles. The lowest BCUT2D eigenvalue weighted by molar-refractivity contribution is 1.04. The Hall–Kier alpha value is -7.30. The molecule has 0 N–H and O–H groups in total. The van der Waals surface area contributed by atoms with Gasteiger partial charge in [0.1, 0.15) is 0 Å². The van der Waals surface area contributed by atoms with Gasteiger partial charge in [-0.05, 0) is 64.0 Å². The van der Waals surface area contributed by atoms with Crippen molar-refractivity contribution >= 4 is 54.4 Å². The van der Waals surface area contributed by atoms with Crippen LogP contribution in [0.3, 0.4) is 0 Å². The van der Waals surface area contributed by atoms with Crippen LogP contribution in [0.25, 0.3) is 99.4 Å².